The van der Waals surface area contributed by atoms with Gasteiger partial charge in [-0.2, -0.15) is 0 Å². The minimum Gasteiger partial charge on any atom is -0.342 e. The second kappa shape index (κ2) is 7.96. The molecule has 0 atom stereocenters. The van der Waals surface area contributed by atoms with Crippen molar-refractivity contribution in [3.63, 3.8) is 0 Å². The van der Waals surface area contributed by atoms with Gasteiger partial charge < -0.3 is 10.2 Å². The van der Waals surface area contributed by atoms with E-state index in [2.05, 4.69) is 29.1 Å². The summed E-state index contributed by atoms with van der Waals surface area (Å²) in [5.41, 5.74) is 0. The van der Waals surface area contributed by atoms with Gasteiger partial charge in [0.25, 0.3) is 0 Å². The Bertz CT molecular complexity index is 296. The summed E-state index contributed by atoms with van der Waals surface area (Å²) in [6.45, 7) is 11.2. The first-order chi connectivity index (χ1) is 9.65. The average Bonchev–Trinajstić information content (AvgIpc) is 2.47. The third-order valence-electron chi connectivity index (χ3n) is 4.55. The molecule has 2 rings (SSSR count). The van der Waals surface area contributed by atoms with Crippen molar-refractivity contribution in [2.45, 2.75) is 19.8 Å². The van der Waals surface area contributed by atoms with Crippen LogP contribution in [-0.2, 0) is 4.79 Å². The van der Waals surface area contributed by atoms with Gasteiger partial charge >= 0.3 is 0 Å². The summed E-state index contributed by atoms with van der Waals surface area (Å²) in [5.74, 6) is 1.09. The molecule has 2 fully saturated rings. The van der Waals surface area contributed by atoms with E-state index in [4.69, 9.17) is 0 Å². The monoisotopic (exact) mass is 282 g/mol. The van der Waals surface area contributed by atoms with E-state index in [0.29, 0.717) is 12.5 Å². The van der Waals surface area contributed by atoms with Gasteiger partial charge in [0.15, 0.2) is 0 Å². The molecule has 2 aliphatic rings. The van der Waals surface area contributed by atoms with Gasteiger partial charge in [-0.3, -0.25) is 14.6 Å². The molecule has 5 nitrogen and oxygen atoms in total. The summed E-state index contributed by atoms with van der Waals surface area (Å²) in [7, 11) is 2.06. The molecule has 20 heavy (non-hydrogen) atoms. The van der Waals surface area contributed by atoms with E-state index in [1.165, 1.54) is 0 Å². The van der Waals surface area contributed by atoms with Crippen molar-refractivity contribution in [2.75, 3.05) is 66.0 Å². The van der Waals surface area contributed by atoms with Crippen molar-refractivity contribution in [3.8, 4) is 0 Å². The lowest BCUT2D eigenvalue weighted by Crippen LogP contribution is -2.47. The van der Waals surface area contributed by atoms with Crippen LogP contribution in [0.4, 0.5) is 0 Å². The highest BCUT2D eigenvalue weighted by molar-refractivity contribution is 5.78. The molecule has 1 amide bonds. The molecule has 116 valence electrons. The fraction of sp³-hybridized carbons (Fsp3) is 0.933. The number of likely N-dealkylation sites (N-methyl/N-ethyl adjacent to an activating group) is 1. The van der Waals surface area contributed by atoms with Crippen LogP contribution in [-0.4, -0.2) is 86.6 Å². The molecule has 0 saturated carbocycles. The van der Waals surface area contributed by atoms with Gasteiger partial charge in [-0.25, -0.2) is 0 Å². The highest BCUT2D eigenvalue weighted by Crippen LogP contribution is 2.15. The maximum Gasteiger partial charge on any atom is 0.236 e. The summed E-state index contributed by atoms with van der Waals surface area (Å²) >= 11 is 0. The van der Waals surface area contributed by atoms with Crippen LogP contribution in [0.15, 0.2) is 0 Å². The van der Waals surface area contributed by atoms with Gasteiger partial charge in [0.05, 0.1) is 6.54 Å². The molecular formula is C15H30N4O. The second-order valence-corrected chi connectivity index (χ2v) is 6.39. The van der Waals surface area contributed by atoms with E-state index in [1.807, 2.05) is 4.90 Å². The van der Waals surface area contributed by atoms with E-state index >= 15 is 0 Å². The van der Waals surface area contributed by atoms with E-state index in [1.54, 1.807) is 0 Å². The van der Waals surface area contributed by atoms with Gasteiger partial charge in [-0.15, -0.1) is 0 Å². The Hall–Kier alpha value is -0.650. The predicted molar refractivity (Wildman–Crippen MR) is 81.8 cm³/mol. The van der Waals surface area contributed by atoms with Crippen LogP contribution in [0.25, 0.3) is 0 Å². The fourth-order valence-corrected chi connectivity index (χ4v) is 2.91. The second-order valence-electron chi connectivity index (χ2n) is 6.39. The maximum atomic E-state index is 12.2. The summed E-state index contributed by atoms with van der Waals surface area (Å²) in [5, 5.41) is 3.37. The van der Waals surface area contributed by atoms with Crippen LogP contribution in [0.3, 0.4) is 0 Å². The molecule has 5 heteroatoms. The van der Waals surface area contributed by atoms with E-state index in [9.17, 15) is 4.79 Å². The number of hydrogen-bond donors (Lipinski definition) is 1. The lowest BCUT2D eigenvalue weighted by atomic mass is 9.99. The molecule has 2 aliphatic heterocycles. The summed E-state index contributed by atoms with van der Waals surface area (Å²) in [4.78, 5) is 18.9. The number of hydrogen-bond acceptors (Lipinski definition) is 4. The van der Waals surface area contributed by atoms with Crippen LogP contribution < -0.4 is 5.32 Å². The first kappa shape index (κ1) is 15.7. The first-order valence-electron chi connectivity index (χ1n) is 8.04. The van der Waals surface area contributed by atoms with Crippen LogP contribution >= 0.6 is 0 Å². The van der Waals surface area contributed by atoms with Crippen molar-refractivity contribution < 1.29 is 4.79 Å². The standard InChI is InChI=1S/C15H30N4O/c1-14-3-7-19(8-4-14)15(20)13-17(2)11-12-18-9-5-16-6-10-18/h14,16H,3-13H2,1-2H3. The minimum atomic E-state index is 0.305. The zero-order valence-corrected chi connectivity index (χ0v) is 13.1. The predicted octanol–water partition coefficient (Wildman–Crippen LogP) is 0.0819. The smallest absolute Gasteiger partial charge is 0.236 e. The summed E-state index contributed by atoms with van der Waals surface area (Å²) < 4.78 is 0. The number of piperazine rings is 1. The van der Waals surface area contributed by atoms with Crippen LogP contribution in [0.1, 0.15) is 19.8 Å². The zero-order chi connectivity index (χ0) is 14.4. The summed E-state index contributed by atoms with van der Waals surface area (Å²) in [6.07, 6.45) is 2.33. The maximum absolute atomic E-state index is 12.2. The Morgan fingerprint density at radius 1 is 1.20 bits per heavy atom. The molecular weight excluding hydrogens is 252 g/mol. The number of nitrogens with zero attached hydrogens (tertiary/aromatic N) is 3. The molecule has 0 aliphatic carbocycles. The number of piperidine rings is 1. The largest absolute Gasteiger partial charge is 0.342 e. The van der Waals surface area contributed by atoms with Crippen LogP contribution in [0, 0.1) is 5.92 Å². The molecule has 2 heterocycles. The van der Waals surface area contributed by atoms with E-state index in [-0.39, 0.29) is 0 Å². The molecule has 0 unspecified atom stereocenters. The molecule has 0 bridgehead atoms. The van der Waals surface area contributed by atoms with Crippen LogP contribution in [0.2, 0.25) is 0 Å². The van der Waals surface area contributed by atoms with Gasteiger partial charge in [-0.1, -0.05) is 6.92 Å². The van der Waals surface area contributed by atoms with E-state index < -0.39 is 0 Å². The van der Waals surface area contributed by atoms with Crippen molar-refractivity contribution >= 4 is 5.91 Å². The average molecular weight is 282 g/mol. The summed E-state index contributed by atoms with van der Waals surface area (Å²) in [6, 6.07) is 0. The van der Waals surface area contributed by atoms with Crippen molar-refractivity contribution in [2.24, 2.45) is 5.92 Å². The van der Waals surface area contributed by atoms with Gasteiger partial charge in [-0.05, 0) is 25.8 Å². The van der Waals surface area contributed by atoms with Gasteiger partial charge in [0.1, 0.15) is 0 Å². The Morgan fingerprint density at radius 2 is 1.85 bits per heavy atom. The minimum absolute atomic E-state index is 0.305. The van der Waals surface area contributed by atoms with Crippen molar-refractivity contribution in [1.82, 2.24) is 20.0 Å². The number of rotatable bonds is 5. The van der Waals surface area contributed by atoms with Gasteiger partial charge in [0.2, 0.25) is 5.91 Å². The SMILES string of the molecule is CC1CCN(C(=O)CN(C)CCN2CCNCC2)CC1. The quantitative estimate of drug-likeness (QED) is 0.775. The third-order valence-corrected chi connectivity index (χ3v) is 4.55. The number of likely N-dealkylation sites (tertiary alicyclic amines) is 1. The van der Waals surface area contributed by atoms with Crippen LogP contribution in [0.5, 0.6) is 0 Å². The molecule has 0 aromatic heterocycles. The van der Waals surface area contributed by atoms with E-state index in [0.717, 1.165) is 71.1 Å². The highest BCUT2D eigenvalue weighted by atomic mass is 16.2. The Morgan fingerprint density at radius 3 is 2.50 bits per heavy atom. The highest BCUT2D eigenvalue weighted by Gasteiger charge is 2.21. The Kier molecular flexibility index (Phi) is 6.26. The number of amides is 1. The lowest BCUT2D eigenvalue weighted by Gasteiger charge is -2.32. The zero-order valence-electron chi connectivity index (χ0n) is 13.1. The Balaban J connectivity index is 1.63. The normalized spacial score (nSPS) is 22.4. The van der Waals surface area contributed by atoms with Crippen molar-refractivity contribution in [3.05, 3.63) is 0 Å². The number of carbonyl (C=O) groups is 1. The topological polar surface area (TPSA) is 38.8 Å². The molecule has 0 aromatic rings. The lowest BCUT2D eigenvalue weighted by molar-refractivity contribution is -0.133. The molecule has 0 radical (unpaired) electrons. The fourth-order valence-electron chi connectivity index (χ4n) is 2.91. The number of nitrogens with one attached hydrogen (secondary N) is 1. The molecule has 1 N–H and O–H groups in total. The molecule has 0 spiro atoms. The first-order valence-corrected chi connectivity index (χ1v) is 8.04. The third kappa shape index (κ3) is 5.04. The van der Waals surface area contributed by atoms with Crippen molar-refractivity contribution in [1.29, 1.82) is 0 Å². The molecule has 0 aromatic carbocycles. The Labute approximate surface area is 123 Å². The number of carbonyl (C=O) groups excluding carboxylic acids is 1. The molecule has 2 saturated heterocycles. The van der Waals surface area contributed by atoms with Gasteiger partial charge in [0, 0.05) is 52.4 Å².